The van der Waals surface area contributed by atoms with Gasteiger partial charge in [-0.15, -0.1) is 0 Å². The lowest BCUT2D eigenvalue weighted by Gasteiger charge is -2.56. The Labute approximate surface area is 200 Å². The Balaban J connectivity index is 1.06. The molecule has 7 rings (SSSR count). The van der Waals surface area contributed by atoms with E-state index in [4.69, 9.17) is 21.9 Å². The van der Waals surface area contributed by atoms with Crippen molar-refractivity contribution in [3.63, 3.8) is 0 Å². The van der Waals surface area contributed by atoms with Crippen LogP contribution in [0, 0.1) is 17.8 Å². The summed E-state index contributed by atoms with van der Waals surface area (Å²) in [6, 6.07) is 5.74. The topological polar surface area (TPSA) is 68.2 Å². The van der Waals surface area contributed by atoms with Crippen LogP contribution in [0.15, 0.2) is 23.0 Å². The van der Waals surface area contributed by atoms with Crippen LogP contribution in [0.5, 0.6) is 0 Å². The summed E-state index contributed by atoms with van der Waals surface area (Å²) in [5, 5.41) is 7.73. The molecule has 33 heavy (non-hydrogen) atoms. The fraction of sp³-hybridized carbons (Fsp3) is 0.654. The van der Waals surface area contributed by atoms with Crippen LogP contribution in [0.4, 0.5) is 5.69 Å². The third-order valence-electron chi connectivity index (χ3n) is 8.35. The number of ether oxygens (including phenoxy) is 1. The standard InChI is InChI=1S/C26H34N4O2S/c31-24-21-13-20(5-6-22(21)29-23-4-2-1-3-8-30(23)24)28-25(33)27-7-9-32-26-14-17-10-18(15-26)12-19(11-17)16-26/h5-6,13,17-19H,1-4,7-12,14-16H2,(H2,27,28,33). The second-order valence-electron chi connectivity index (χ2n) is 10.9. The van der Waals surface area contributed by atoms with Gasteiger partial charge in [-0.2, -0.15) is 0 Å². The van der Waals surface area contributed by atoms with E-state index in [9.17, 15) is 4.79 Å². The first kappa shape index (κ1) is 21.5. The summed E-state index contributed by atoms with van der Waals surface area (Å²) >= 11 is 5.51. The van der Waals surface area contributed by atoms with Crippen molar-refractivity contribution in [2.75, 3.05) is 18.5 Å². The fourth-order valence-corrected chi connectivity index (χ4v) is 7.53. The molecule has 0 spiro atoms. The van der Waals surface area contributed by atoms with Gasteiger partial charge in [0, 0.05) is 25.2 Å². The van der Waals surface area contributed by atoms with E-state index in [1.807, 2.05) is 22.8 Å². The molecule has 4 aliphatic carbocycles. The minimum Gasteiger partial charge on any atom is -0.373 e. The van der Waals surface area contributed by atoms with E-state index in [0.29, 0.717) is 23.7 Å². The Morgan fingerprint density at radius 2 is 1.88 bits per heavy atom. The molecule has 0 atom stereocenters. The van der Waals surface area contributed by atoms with Crippen molar-refractivity contribution in [3.05, 3.63) is 34.4 Å². The van der Waals surface area contributed by atoms with Gasteiger partial charge in [0.05, 0.1) is 23.1 Å². The summed E-state index contributed by atoms with van der Waals surface area (Å²) in [6.45, 7) is 2.14. The summed E-state index contributed by atoms with van der Waals surface area (Å²) in [5.74, 6) is 3.61. The van der Waals surface area contributed by atoms with Crippen LogP contribution in [0.2, 0.25) is 0 Å². The molecule has 1 aliphatic heterocycles. The molecule has 176 valence electrons. The highest BCUT2D eigenvalue weighted by atomic mass is 32.1. The zero-order valence-electron chi connectivity index (χ0n) is 19.3. The highest BCUT2D eigenvalue weighted by Gasteiger charge is 2.51. The highest BCUT2D eigenvalue weighted by Crippen LogP contribution is 2.57. The normalized spacial score (nSPS) is 30.1. The van der Waals surface area contributed by atoms with Gasteiger partial charge < -0.3 is 15.4 Å². The van der Waals surface area contributed by atoms with E-state index in [1.54, 1.807) is 0 Å². The minimum absolute atomic E-state index is 0.0587. The lowest BCUT2D eigenvalue weighted by molar-refractivity contribution is -0.160. The highest BCUT2D eigenvalue weighted by molar-refractivity contribution is 7.80. The molecule has 4 bridgehead atoms. The lowest BCUT2D eigenvalue weighted by atomic mass is 9.54. The van der Waals surface area contributed by atoms with Gasteiger partial charge in [-0.3, -0.25) is 9.36 Å². The number of benzene rings is 1. The van der Waals surface area contributed by atoms with Crippen molar-refractivity contribution in [1.29, 1.82) is 0 Å². The Bertz CT molecular complexity index is 1090. The maximum atomic E-state index is 13.1. The van der Waals surface area contributed by atoms with Gasteiger partial charge in [-0.1, -0.05) is 6.42 Å². The molecule has 6 nitrogen and oxygen atoms in total. The van der Waals surface area contributed by atoms with Crippen molar-refractivity contribution >= 4 is 33.9 Å². The van der Waals surface area contributed by atoms with Crippen LogP contribution in [-0.2, 0) is 17.7 Å². The number of anilines is 1. The second kappa shape index (κ2) is 8.66. The summed E-state index contributed by atoms with van der Waals surface area (Å²) < 4.78 is 8.34. The summed E-state index contributed by atoms with van der Waals surface area (Å²) in [5.41, 5.74) is 1.77. The van der Waals surface area contributed by atoms with E-state index in [-0.39, 0.29) is 11.2 Å². The quantitative estimate of drug-likeness (QED) is 0.503. The molecule has 2 aromatic rings. The average molecular weight is 467 g/mol. The summed E-state index contributed by atoms with van der Waals surface area (Å²) in [7, 11) is 0. The molecule has 7 heteroatoms. The van der Waals surface area contributed by atoms with Crippen LogP contribution >= 0.6 is 12.2 Å². The fourth-order valence-electron chi connectivity index (χ4n) is 7.31. The van der Waals surface area contributed by atoms with Gasteiger partial charge in [0.25, 0.3) is 5.56 Å². The zero-order chi connectivity index (χ0) is 22.4. The molecule has 4 saturated carbocycles. The lowest BCUT2D eigenvalue weighted by Crippen LogP contribution is -2.52. The average Bonchev–Trinajstić information content (AvgIpc) is 3.02. The molecule has 1 aromatic heterocycles. The van der Waals surface area contributed by atoms with E-state index >= 15 is 0 Å². The number of rotatable bonds is 5. The van der Waals surface area contributed by atoms with Crippen LogP contribution < -0.4 is 16.2 Å². The van der Waals surface area contributed by atoms with Crippen molar-refractivity contribution in [1.82, 2.24) is 14.9 Å². The van der Waals surface area contributed by atoms with E-state index in [2.05, 4.69) is 10.6 Å². The number of aryl methyl sites for hydroxylation is 1. The monoisotopic (exact) mass is 466 g/mol. The number of nitrogens with one attached hydrogen (secondary N) is 2. The smallest absolute Gasteiger partial charge is 0.261 e. The van der Waals surface area contributed by atoms with Gasteiger partial charge in [-0.05, 0) is 99.5 Å². The third kappa shape index (κ3) is 4.30. The largest absolute Gasteiger partial charge is 0.373 e. The van der Waals surface area contributed by atoms with Gasteiger partial charge in [0.1, 0.15) is 5.82 Å². The van der Waals surface area contributed by atoms with Crippen LogP contribution in [-0.4, -0.2) is 33.4 Å². The molecule has 0 unspecified atom stereocenters. The Morgan fingerprint density at radius 1 is 1.12 bits per heavy atom. The Kier molecular flexibility index (Phi) is 5.65. The predicted molar refractivity (Wildman–Crippen MR) is 135 cm³/mol. The molecular weight excluding hydrogens is 432 g/mol. The molecule has 2 heterocycles. The zero-order valence-corrected chi connectivity index (χ0v) is 20.1. The number of thiocarbonyl (C=S) groups is 1. The number of nitrogens with zero attached hydrogens (tertiary/aromatic N) is 2. The number of hydrogen-bond acceptors (Lipinski definition) is 4. The number of fused-ring (bicyclic) bond motifs is 2. The Morgan fingerprint density at radius 3 is 2.64 bits per heavy atom. The summed E-state index contributed by atoms with van der Waals surface area (Å²) in [4.78, 5) is 17.8. The molecular formula is C26H34N4O2S. The van der Waals surface area contributed by atoms with E-state index in [1.165, 1.54) is 38.5 Å². The van der Waals surface area contributed by atoms with Gasteiger partial charge in [-0.25, -0.2) is 4.98 Å². The molecule has 2 N–H and O–H groups in total. The van der Waals surface area contributed by atoms with Crippen LogP contribution in [0.3, 0.4) is 0 Å². The minimum atomic E-state index is 0.0587. The van der Waals surface area contributed by atoms with Crippen LogP contribution in [0.1, 0.15) is 63.6 Å². The molecule has 0 saturated heterocycles. The predicted octanol–water partition coefficient (Wildman–Crippen LogP) is 4.39. The maximum Gasteiger partial charge on any atom is 0.261 e. The second-order valence-corrected chi connectivity index (χ2v) is 11.3. The maximum absolute atomic E-state index is 13.1. The third-order valence-corrected chi connectivity index (χ3v) is 8.60. The van der Waals surface area contributed by atoms with E-state index < -0.39 is 0 Å². The summed E-state index contributed by atoms with van der Waals surface area (Å²) in [6.07, 6.45) is 12.2. The Hall–Kier alpha value is -1.99. The number of aromatic nitrogens is 2. The molecule has 4 fully saturated rings. The van der Waals surface area contributed by atoms with Crippen molar-refractivity contribution in [3.8, 4) is 0 Å². The van der Waals surface area contributed by atoms with Crippen molar-refractivity contribution in [2.24, 2.45) is 17.8 Å². The van der Waals surface area contributed by atoms with Gasteiger partial charge in [0.15, 0.2) is 5.11 Å². The van der Waals surface area contributed by atoms with Crippen molar-refractivity contribution < 1.29 is 4.74 Å². The SMILES string of the molecule is O=c1c2cc(NC(=S)NCCOC34CC5CC(CC(C5)C3)C4)ccc2nc2n1CCCCC2. The molecule has 0 amide bonds. The first-order valence-corrected chi connectivity index (χ1v) is 13.2. The first-order chi connectivity index (χ1) is 16.1. The molecule has 1 aromatic carbocycles. The number of hydrogen-bond donors (Lipinski definition) is 2. The van der Waals surface area contributed by atoms with Gasteiger partial charge in [0.2, 0.25) is 0 Å². The van der Waals surface area contributed by atoms with E-state index in [0.717, 1.165) is 67.0 Å². The van der Waals surface area contributed by atoms with Gasteiger partial charge >= 0.3 is 0 Å². The molecule has 5 aliphatic rings. The van der Waals surface area contributed by atoms with Crippen molar-refractivity contribution in [2.45, 2.75) is 76.4 Å². The van der Waals surface area contributed by atoms with Crippen LogP contribution in [0.25, 0.3) is 10.9 Å². The first-order valence-electron chi connectivity index (χ1n) is 12.8. The molecule has 0 radical (unpaired) electrons.